The summed E-state index contributed by atoms with van der Waals surface area (Å²) < 4.78 is 56.2. The van der Waals surface area contributed by atoms with Gasteiger partial charge in [-0.1, -0.05) is 7.43 Å². The van der Waals surface area contributed by atoms with Crippen molar-refractivity contribution in [1.29, 1.82) is 0 Å². The molecule has 84 heavy (non-hydrogen) atoms. The predicted molar refractivity (Wildman–Crippen MR) is 281 cm³/mol. The summed E-state index contributed by atoms with van der Waals surface area (Å²) in [6.45, 7) is 2.21. The molecule has 3 saturated heterocycles. The van der Waals surface area contributed by atoms with Gasteiger partial charge in [-0.3, -0.25) is 38.3 Å². The van der Waals surface area contributed by atoms with Crippen molar-refractivity contribution in [1.82, 2.24) is 94.2 Å². The molecule has 1 amide bonds. The minimum atomic E-state index is -5.21. The van der Waals surface area contributed by atoms with Crippen molar-refractivity contribution in [2.24, 2.45) is 11.5 Å². The first-order chi connectivity index (χ1) is 39.4. The van der Waals surface area contributed by atoms with Gasteiger partial charge >= 0.3 is 17.8 Å². The fourth-order valence-electron chi connectivity index (χ4n) is 8.58. The highest BCUT2D eigenvalue weighted by molar-refractivity contribution is 5.82. The number of H-pyrrole nitrogens is 6. The van der Waals surface area contributed by atoms with E-state index >= 15 is 0 Å². The Morgan fingerprint density at radius 3 is 1.83 bits per heavy atom. The Bertz CT molecular complexity index is 3930. The molecule has 0 spiro atoms. The van der Waals surface area contributed by atoms with Crippen molar-refractivity contribution in [3.8, 4) is 0 Å². The highest BCUT2D eigenvalue weighted by Crippen LogP contribution is 2.34. The summed E-state index contributed by atoms with van der Waals surface area (Å²) in [4.78, 5) is 111. The molecule has 9 aromatic heterocycles. The fourth-order valence-corrected chi connectivity index (χ4v) is 8.58. The second-order valence-corrected chi connectivity index (χ2v) is 18.1. The molecular weight excluding hydrogens is 1130 g/mol. The number of hydrogen-bond acceptors (Lipinski definition) is 28. The molecule has 0 radical (unpaired) electrons. The summed E-state index contributed by atoms with van der Waals surface area (Å²) in [7, 11) is 0. The summed E-state index contributed by atoms with van der Waals surface area (Å²) in [6.07, 6.45) is -5.89. The number of ether oxygens (including phenoxy) is 3. The molecule has 0 aliphatic carbocycles. The van der Waals surface area contributed by atoms with E-state index in [1.165, 1.54) is 41.5 Å². The van der Waals surface area contributed by atoms with Crippen LogP contribution in [0.15, 0.2) is 63.2 Å². The van der Waals surface area contributed by atoms with Crippen LogP contribution in [0.25, 0.3) is 44.7 Å². The van der Waals surface area contributed by atoms with Crippen LogP contribution in [0.1, 0.15) is 43.2 Å². The van der Waals surface area contributed by atoms with E-state index in [-0.39, 0.29) is 54.8 Å². The number of nitrogen functional groups attached to an aromatic ring is 2. The summed E-state index contributed by atoms with van der Waals surface area (Å²) in [5, 5.41) is 58.4. The number of aliphatic hydroxyl groups excluding tert-OH is 6. The number of carbonyl (C=O) groups is 1. The van der Waals surface area contributed by atoms with Crippen molar-refractivity contribution in [2.45, 2.75) is 101 Å². The quantitative estimate of drug-likeness (QED) is 0.0707. The van der Waals surface area contributed by atoms with Crippen LogP contribution in [0.3, 0.4) is 0 Å². The number of nitrogens with two attached hydrogens (primary N) is 4. The third kappa shape index (κ3) is 13.2. The van der Waals surface area contributed by atoms with Crippen molar-refractivity contribution in [2.75, 3.05) is 31.3 Å². The second-order valence-electron chi connectivity index (χ2n) is 18.1. The number of aromatic amines is 6. The van der Waals surface area contributed by atoms with Gasteiger partial charge in [-0.05, 0) is 13.8 Å². The molecule has 3 fully saturated rings. The molecule has 12 rings (SSSR count). The van der Waals surface area contributed by atoms with Crippen LogP contribution in [0.4, 0.5) is 24.9 Å². The van der Waals surface area contributed by atoms with Crippen LogP contribution in [-0.2, 0) is 19.0 Å². The lowest BCUT2D eigenvalue weighted by molar-refractivity contribution is -0.175. The molecule has 3 aliphatic rings. The van der Waals surface area contributed by atoms with E-state index < -0.39 is 109 Å². The minimum Gasteiger partial charge on any atom is -0.394 e. The van der Waals surface area contributed by atoms with Gasteiger partial charge in [0.25, 0.3) is 16.7 Å². The van der Waals surface area contributed by atoms with Crippen LogP contribution < -0.4 is 50.6 Å². The third-order valence-corrected chi connectivity index (χ3v) is 12.6. The Hall–Kier alpha value is -9.10. The minimum absolute atomic E-state index is 0. The Balaban J connectivity index is 0.000000154. The largest absolute Gasteiger partial charge is 0.471 e. The molecular formula is C44H56F3N23O14. The maximum absolute atomic E-state index is 12.4. The Morgan fingerprint density at radius 1 is 0.679 bits per heavy atom. The van der Waals surface area contributed by atoms with Gasteiger partial charge in [0.1, 0.15) is 72.2 Å². The molecule has 9 aromatic rings. The number of aryl methyl sites for hydroxylation is 2. The van der Waals surface area contributed by atoms with Crippen molar-refractivity contribution in [3.63, 3.8) is 0 Å². The van der Waals surface area contributed by atoms with Gasteiger partial charge in [0.15, 0.2) is 51.9 Å². The van der Waals surface area contributed by atoms with E-state index in [4.69, 9.17) is 52.5 Å². The van der Waals surface area contributed by atoms with E-state index in [0.29, 0.717) is 28.2 Å². The van der Waals surface area contributed by atoms with Gasteiger partial charge in [0.05, 0.1) is 74.6 Å². The molecule has 37 nitrogen and oxygen atoms in total. The smallest absolute Gasteiger partial charge is 0.394 e. The lowest BCUT2D eigenvalue weighted by Gasteiger charge is -2.22. The average Bonchev–Trinajstić information content (AvgIpc) is 2.51. The van der Waals surface area contributed by atoms with E-state index in [1.807, 2.05) is 11.9 Å². The molecule has 452 valence electrons. The average molecular weight is 1190 g/mol. The normalized spacial score (nSPS) is 24.5. The lowest BCUT2D eigenvalue weighted by Crippen LogP contribution is -2.50. The first kappa shape index (κ1) is 62.5. The number of aromatic nitrogens is 18. The van der Waals surface area contributed by atoms with E-state index in [9.17, 15) is 52.5 Å². The van der Waals surface area contributed by atoms with Gasteiger partial charge < -0.3 is 93.0 Å². The number of aliphatic hydroxyl groups is 6. The molecule has 40 heteroatoms. The van der Waals surface area contributed by atoms with Gasteiger partial charge in [0, 0.05) is 6.07 Å². The second kappa shape index (κ2) is 26.0. The molecule has 0 aromatic carbocycles. The van der Waals surface area contributed by atoms with E-state index in [1.54, 1.807) is 17.8 Å². The monoisotopic (exact) mass is 1190 g/mol. The number of hydrogen-bond donors (Lipinski definition) is 17. The molecule has 3 unspecified atom stereocenters. The van der Waals surface area contributed by atoms with Crippen molar-refractivity contribution in [3.05, 3.63) is 103 Å². The van der Waals surface area contributed by atoms with Gasteiger partial charge in [-0.15, -0.1) is 0 Å². The van der Waals surface area contributed by atoms with Crippen LogP contribution in [0, 0.1) is 13.8 Å². The zero-order valence-corrected chi connectivity index (χ0v) is 42.9. The Kier molecular flexibility index (Phi) is 19.3. The number of halogens is 3. The predicted octanol–water partition coefficient (Wildman–Crippen LogP) is -5.58. The lowest BCUT2D eigenvalue weighted by atomic mass is 10.0. The SMILES string of the molecule is C.Cc1nc2nc[nH]c2c(=O)[nH]1.Cc1ncnc2nc[nH]c12.Nc1nc2c(ncn2[C@@H]2O[C@H](CO)[C@H](O)C2N)c(=O)[nH]1.Nc1ncnc2c1ncn2[C@@H]1O[C@H](CO)[C@H](O)C1N.O=C(NC1[C@@H](O)[C@@H](CO)O[C@H]1c1cc(=O)[nH]c(=O)[nH]1)C(F)(F)F. The molecule has 12 heterocycles. The summed E-state index contributed by atoms with van der Waals surface area (Å²) >= 11 is 0. The number of carbonyl (C=O) groups excluding carboxylic acids is 1. The zero-order valence-electron chi connectivity index (χ0n) is 42.9. The number of fused-ring (bicyclic) bond motifs is 4. The Labute approximate surface area is 464 Å². The summed E-state index contributed by atoms with van der Waals surface area (Å²) in [5.41, 5.74) is 25.0. The van der Waals surface area contributed by atoms with Crippen LogP contribution in [0.2, 0.25) is 0 Å². The number of rotatable bonds is 7. The van der Waals surface area contributed by atoms with Crippen LogP contribution in [0.5, 0.6) is 0 Å². The molecule has 21 N–H and O–H groups in total. The highest BCUT2D eigenvalue weighted by atomic mass is 19.4. The standard InChI is InChI=1S/C11H12F3N3O6.C10H14N6O4.C10H14N6O3.C6H6N4O.C6H6N4.CH4/c12-11(13,14)9(21)17-6-7(20)4(2-18)23-8(6)3-1-5(19)16-10(22)15-3;11-4-6(18)3(1-17)20-9(4)16-2-13-5-7(16)14-10(12)15-8(5)19;11-5-7(18)4(1-17)19-10(5)16-3-15-6-8(12)13-2-14-9(6)16;1-3-9-5-4(6(11)10-3)7-2-8-5;1-4-5-6(9-2-7-4)10-3-8-5;/h1,4,6-8,18,20H,2H2,(H,17,21)(H2,15,16,19,22);2-4,6,9,17-18H,1,11H2,(H3,12,14,15,19);2-5,7,10,17-18H,1,11H2,(H2,12,13,14);2H,1H3,(H2,7,8,9,10,11);2-3H,1H3,(H,7,8,9,10);1H4/t4-,6?,7+,8+;3-,4?,6+,9-;4-,5?,7+,10-;;;/m111.../s1. The number of nitrogens with zero attached hydrogens (tertiary/aromatic N) is 12. The third-order valence-electron chi connectivity index (χ3n) is 12.6. The van der Waals surface area contributed by atoms with E-state index in [0.717, 1.165) is 22.9 Å². The van der Waals surface area contributed by atoms with Gasteiger partial charge in [0.2, 0.25) is 5.95 Å². The van der Waals surface area contributed by atoms with Gasteiger partial charge in [-0.2, -0.15) is 18.2 Å². The summed E-state index contributed by atoms with van der Waals surface area (Å²) in [5.74, 6) is -1.56. The number of alkyl halides is 3. The topological polar surface area (TPSA) is 584 Å². The molecule has 3 aliphatic heterocycles. The van der Waals surface area contributed by atoms with Crippen molar-refractivity contribution >= 4 is 62.3 Å². The Morgan fingerprint density at radius 2 is 1.25 bits per heavy atom. The van der Waals surface area contributed by atoms with Gasteiger partial charge in [-0.25, -0.2) is 49.7 Å². The van der Waals surface area contributed by atoms with E-state index in [2.05, 4.69) is 74.8 Å². The van der Waals surface area contributed by atoms with Crippen LogP contribution >= 0.6 is 0 Å². The first-order valence-corrected chi connectivity index (χ1v) is 24.2. The fraction of sp³-hybridized carbons (Fsp3) is 0.432. The highest BCUT2D eigenvalue weighted by Gasteiger charge is 2.50. The number of nitrogens with one attached hydrogen (secondary N) is 7. The summed E-state index contributed by atoms with van der Waals surface area (Å²) in [6, 6.07) is -2.26. The van der Waals surface area contributed by atoms with Crippen molar-refractivity contribution < 1.29 is 62.8 Å². The maximum Gasteiger partial charge on any atom is 0.471 e. The number of anilines is 2. The van der Waals surface area contributed by atoms with Crippen LogP contribution in [-0.4, -0.2) is 206 Å². The molecule has 0 bridgehead atoms. The zero-order chi connectivity index (χ0) is 60.2. The first-order valence-electron chi connectivity index (χ1n) is 24.2. The molecule has 0 saturated carbocycles. The number of imidazole rings is 4. The number of amides is 1. The maximum atomic E-state index is 12.4. The molecule has 12 atom stereocenters.